The average molecular weight is 367 g/mol. The molecule has 1 heterocycles. The van der Waals surface area contributed by atoms with Crippen molar-refractivity contribution in [3.8, 4) is 0 Å². The van der Waals surface area contributed by atoms with Gasteiger partial charge in [0.15, 0.2) is 0 Å². The maximum absolute atomic E-state index is 11.7. The molecule has 4 heteroatoms. The number of aromatic nitrogens is 1. The summed E-state index contributed by atoms with van der Waals surface area (Å²) in [7, 11) is 0. The van der Waals surface area contributed by atoms with Gasteiger partial charge in [0.25, 0.3) is 0 Å². The van der Waals surface area contributed by atoms with Gasteiger partial charge in [0.1, 0.15) is 0 Å². The van der Waals surface area contributed by atoms with Crippen molar-refractivity contribution >= 4 is 17.2 Å². The topological polar surface area (TPSA) is 56.0 Å². The van der Waals surface area contributed by atoms with Gasteiger partial charge in [-0.15, -0.1) is 11.3 Å². The Labute approximate surface area is 158 Å². The molecule has 0 atom stereocenters. The summed E-state index contributed by atoms with van der Waals surface area (Å²) in [4.78, 5) is 16.6. The molecule has 0 spiro atoms. The third kappa shape index (κ3) is 6.40. The average Bonchev–Trinajstić information content (AvgIpc) is 2.84. The van der Waals surface area contributed by atoms with Crippen LogP contribution in [0.15, 0.2) is 5.38 Å². The van der Waals surface area contributed by atoms with E-state index in [1.54, 1.807) is 11.3 Å². The van der Waals surface area contributed by atoms with Crippen molar-refractivity contribution in [3.05, 3.63) is 16.1 Å². The van der Waals surface area contributed by atoms with Crippen molar-refractivity contribution in [2.75, 3.05) is 0 Å². The molecule has 0 aliphatic rings. The molecule has 0 aliphatic carbocycles. The van der Waals surface area contributed by atoms with E-state index in [1.165, 1.54) is 18.5 Å². The number of thiazole rings is 1. The molecule has 1 rings (SSSR count). The first-order valence-corrected chi connectivity index (χ1v) is 10.2. The van der Waals surface area contributed by atoms with Crippen LogP contribution >= 0.6 is 11.3 Å². The van der Waals surface area contributed by atoms with E-state index in [-0.39, 0.29) is 16.7 Å². The van der Waals surface area contributed by atoms with E-state index >= 15 is 0 Å². The van der Waals surface area contributed by atoms with Crippen molar-refractivity contribution in [2.45, 2.75) is 93.4 Å². The van der Waals surface area contributed by atoms with Crippen LogP contribution in [0.4, 0.5) is 0 Å². The Bertz CT molecular complexity index is 597. The maximum Gasteiger partial charge on any atom is 0.223 e. The van der Waals surface area contributed by atoms with Crippen molar-refractivity contribution in [1.29, 1.82) is 0 Å². The third-order valence-electron chi connectivity index (χ3n) is 5.26. The Morgan fingerprint density at radius 2 is 1.60 bits per heavy atom. The molecule has 0 aliphatic heterocycles. The summed E-state index contributed by atoms with van der Waals surface area (Å²) < 4.78 is 0. The lowest BCUT2D eigenvalue weighted by Crippen LogP contribution is -2.37. The molecule has 3 nitrogen and oxygen atoms in total. The Hall–Kier alpha value is -0.900. The van der Waals surface area contributed by atoms with Gasteiger partial charge >= 0.3 is 0 Å². The monoisotopic (exact) mass is 366 g/mol. The second-order valence-corrected chi connectivity index (χ2v) is 11.3. The fourth-order valence-electron chi connectivity index (χ4n) is 3.94. The molecule has 144 valence electrons. The zero-order chi connectivity index (χ0) is 19.7. The molecule has 0 bridgehead atoms. The second-order valence-electron chi connectivity index (χ2n) is 10.5. The smallest absolute Gasteiger partial charge is 0.223 e. The highest BCUT2D eigenvalue weighted by molar-refractivity contribution is 7.09. The lowest BCUT2D eigenvalue weighted by Gasteiger charge is -2.34. The molecule has 1 aromatic heterocycles. The van der Waals surface area contributed by atoms with Crippen LogP contribution in [-0.4, -0.2) is 10.9 Å². The van der Waals surface area contributed by atoms with Crippen LogP contribution in [0.25, 0.3) is 0 Å². The largest absolute Gasteiger partial charge is 0.369 e. The number of carbonyl (C=O) groups is 1. The molecule has 0 saturated heterocycles. The molecule has 1 amide bonds. The first-order valence-electron chi connectivity index (χ1n) is 9.35. The van der Waals surface area contributed by atoms with E-state index in [1.807, 2.05) is 13.8 Å². The van der Waals surface area contributed by atoms with Crippen molar-refractivity contribution in [3.63, 3.8) is 0 Å². The molecular formula is C21H38N2OS. The van der Waals surface area contributed by atoms with Crippen LogP contribution in [0.5, 0.6) is 0 Å². The zero-order valence-corrected chi connectivity index (χ0v) is 18.6. The van der Waals surface area contributed by atoms with Crippen LogP contribution in [0.1, 0.15) is 92.3 Å². The van der Waals surface area contributed by atoms with Gasteiger partial charge in [-0.1, -0.05) is 68.7 Å². The van der Waals surface area contributed by atoms with E-state index in [9.17, 15) is 4.79 Å². The highest BCUT2D eigenvalue weighted by Crippen LogP contribution is 2.40. The number of carbonyl (C=O) groups excluding carboxylic acids is 1. The Balaban J connectivity index is 2.90. The third-order valence-corrected chi connectivity index (χ3v) is 6.51. The molecule has 25 heavy (non-hydrogen) atoms. The fourth-order valence-corrected chi connectivity index (χ4v) is 4.88. The number of primary amides is 1. The van der Waals surface area contributed by atoms with Gasteiger partial charge in [-0.2, -0.15) is 0 Å². The lowest BCUT2D eigenvalue weighted by atomic mass is 9.72. The first kappa shape index (κ1) is 22.1. The normalized spacial score (nSPS) is 14.0. The first-order chi connectivity index (χ1) is 11.1. The number of nitrogens with two attached hydrogens (primary N) is 1. The van der Waals surface area contributed by atoms with Crippen molar-refractivity contribution in [2.24, 2.45) is 22.0 Å². The summed E-state index contributed by atoms with van der Waals surface area (Å²) in [6, 6.07) is 0. The fraction of sp³-hybridized carbons (Fsp3) is 0.810. The van der Waals surface area contributed by atoms with Gasteiger partial charge in [0.2, 0.25) is 5.91 Å². The predicted molar refractivity (Wildman–Crippen MR) is 109 cm³/mol. The number of hydrogen-bond donors (Lipinski definition) is 1. The molecule has 0 fully saturated rings. The van der Waals surface area contributed by atoms with E-state index in [4.69, 9.17) is 10.7 Å². The highest BCUT2D eigenvalue weighted by atomic mass is 32.1. The van der Waals surface area contributed by atoms with Crippen molar-refractivity contribution < 1.29 is 4.79 Å². The van der Waals surface area contributed by atoms with Gasteiger partial charge in [0, 0.05) is 16.2 Å². The summed E-state index contributed by atoms with van der Waals surface area (Å²) >= 11 is 1.71. The SMILES string of the molecule is CCC(C)(C)CC(C)(C)Cc1csc(C(C)(C)CC(C)(C)C(N)=O)n1. The minimum Gasteiger partial charge on any atom is -0.369 e. The van der Waals surface area contributed by atoms with Gasteiger partial charge in [-0.05, 0) is 30.1 Å². The highest BCUT2D eigenvalue weighted by Gasteiger charge is 2.36. The summed E-state index contributed by atoms with van der Waals surface area (Å²) in [5, 5.41) is 3.29. The Morgan fingerprint density at radius 1 is 1.04 bits per heavy atom. The van der Waals surface area contributed by atoms with E-state index in [2.05, 4.69) is 53.8 Å². The molecular weight excluding hydrogens is 328 g/mol. The molecule has 0 aromatic carbocycles. The quantitative estimate of drug-likeness (QED) is 0.608. The summed E-state index contributed by atoms with van der Waals surface area (Å²) in [5.74, 6) is -0.250. The molecule has 0 saturated carbocycles. The van der Waals surface area contributed by atoms with Gasteiger partial charge in [-0.25, -0.2) is 4.98 Å². The Morgan fingerprint density at radius 3 is 2.08 bits per heavy atom. The van der Waals surface area contributed by atoms with Crippen LogP contribution in [0, 0.1) is 16.2 Å². The number of rotatable bonds is 9. The molecule has 0 radical (unpaired) electrons. The lowest BCUT2D eigenvalue weighted by molar-refractivity contribution is -0.127. The van der Waals surface area contributed by atoms with E-state index in [0.717, 1.165) is 11.4 Å². The summed E-state index contributed by atoms with van der Waals surface area (Å²) in [6.07, 6.45) is 4.06. The zero-order valence-electron chi connectivity index (χ0n) is 17.7. The molecule has 0 unspecified atom stereocenters. The van der Waals surface area contributed by atoms with Gasteiger partial charge in [0.05, 0.1) is 10.7 Å². The van der Waals surface area contributed by atoms with E-state index in [0.29, 0.717) is 11.8 Å². The van der Waals surface area contributed by atoms with Crippen LogP contribution < -0.4 is 5.73 Å². The second kappa shape index (κ2) is 7.38. The molecule has 2 N–H and O–H groups in total. The van der Waals surface area contributed by atoms with Crippen LogP contribution in [0.3, 0.4) is 0 Å². The van der Waals surface area contributed by atoms with Gasteiger partial charge < -0.3 is 5.73 Å². The minimum absolute atomic E-state index is 0.158. The predicted octanol–water partition coefficient (Wildman–Crippen LogP) is 5.72. The molecule has 1 aromatic rings. The van der Waals surface area contributed by atoms with Crippen LogP contribution in [0.2, 0.25) is 0 Å². The minimum atomic E-state index is -0.528. The standard InChI is InChI=1S/C21H38N2OS/c1-10-18(2,3)13-19(4,5)11-15-12-25-17(23-15)21(8,9)14-20(6,7)16(22)24/h12H,10-11,13-14H2,1-9H3,(H2,22,24). The summed E-state index contributed by atoms with van der Waals surface area (Å²) in [5.41, 5.74) is 6.62. The van der Waals surface area contributed by atoms with Crippen LogP contribution in [-0.2, 0) is 16.6 Å². The van der Waals surface area contributed by atoms with E-state index < -0.39 is 5.41 Å². The Kier molecular flexibility index (Phi) is 6.54. The number of amides is 1. The maximum atomic E-state index is 11.7. The van der Waals surface area contributed by atoms with Gasteiger partial charge in [-0.3, -0.25) is 4.79 Å². The summed E-state index contributed by atoms with van der Waals surface area (Å²) in [6.45, 7) is 19.8. The number of nitrogens with zero attached hydrogens (tertiary/aromatic N) is 1. The number of hydrogen-bond acceptors (Lipinski definition) is 3. The van der Waals surface area contributed by atoms with Crippen molar-refractivity contribution in [1.82, 2.24) is 4.98 Å².